The van der Waals surface area contributed by atoms with Gasteiger partial charge in [-0.3, -0.25) is 0 Å². The monoisotopic (exact) mass is 362 g/mol. The molecule has 2 aromatic carbocycles. The minimum absolute atomic E-state index is 0.0345. The van der Waals surface area contributed by atoms with Crippen molar-refractivity contribution in [3.05, 3.63) is 82.2 Å². The van der Waals surface area contributed by atoms with Crippen LogP contribution >= 0.6 is 0 Å². The lowest BCUT2D eigenvalue weighted by atomic mass is 10.1. The van der Waals surface area contributed by atoms with Gasteiger partial charge in [0, 0.05) is 5.56 Å². The van der Waals surface area contributed by atoms with Gasteiger partial charge in [0.2, 0.25) is 0 Å². The first kappa shape index (κ1) is 18.2. The lowest BCUT2D eigenvalue weighted by Gasteiger charge is -2.09. The Kier molecular flexibility index (Phi) is 5.53. The van der Waals surface area contributed by atoms with Crippen molar-refractivity contribution in [1.29, 1.82) is 5.26 Å². The van der Waals surface area contributed by atoms with Crippen LogP contribution < -0.4 is 4.74 Å². The van der Waals surface area contributed by atoms with Crippen LogP contribution in [0.5, 0.6) is 5.75 Å². The molecular formula is C21H18N2O4. The number of aromatic nitrogens is 1. The lowest BCUT2D eigenvalue weighted by Crippen LogP contribution is -2.06. The van der Waals surface area contributed by atoms with E-state index >= 15 is 0 Å². The molecule has 3 aromatic rings. The molecule has 1 heterocycles. The van der Waals surface area contributed by atoms with E-state index in [4.69, 9.17) is 19.3 Å². The molecular weight excluding hydrogens is 344 g/mol. The summed E-state index contributed by atoms with van der Waals surface area (Å²) in [6.45, 7) is 4.01. The normalized spacial score (nSPS) is 10.3. The van der Waals surface area contributed by atoms with Crippen LogP contribution in [0.4, 0.5) is 0 Å². The maximum absolute atomic E-state index is 12.3. The molecule has 0 spiro atoms. The smallest absolute Gasteiger partial charge is 0.338 e. The second-order valence-corrected chi connectivity index (χ2v) is 5.96. The minimum Gasteiger partial charge on any atom is -0.489 e. The van der Waals surface area contributed by atoms with Crippen LogP contribution in [0.2, 0.25) is 0 Å². The van der Waals surface area contributed by atoms with E-state index < -0.39 is 5.97 Å². The van der Waals surface area contributed by atoms with Crippen LogP contribution in [-0.4, -0.2) is 11.1 Å². The molecule has 136 valence electrons. The van der Waals surface area contributed by atoms with Crippen molar-refractivity contribution in [2.24, 2.45) is 0 Å². The van der Waals surface area contributed by atoms with E-state index in [0.29, 0.717) is 34.8 Å². The highest BCUT2D eigenvalue weighted by molar-refractivity contribution is 5.89. The van der Waals surface area contributed by atoms with Crippen LogP contribution in [0.3, 0.4) is 0 Å². The Morgan fingerprint density at radius 2 is 1.96 bits per heavy atom. The molecule has 0 saturated heterocycles. The summed E-state index contributed by atoms with van der Waals surface area (Å²) >= 11 is 0. The summed E-state index contributed by atoms with van der Waals surface area (Å²) in [6, 6.07) is 15.9. The third-order valence-corrected chi connectivity index (χ3v) is 4.13. The molecule has 0 aliphatic rings. The summed E-state index contributed by atoms with van der Waals surface area (Å²) in [6.07, 6.45) is 0. The number of carbonyl (C=O) groups is 1. The average molecular weight is 362 g/mol. The number of nitriles is 1. The predicted octanol–water partition coefficient (Wildman–Crippen LogP) is 4.10. The van der Waals surface area contributed by atoms with Gasteiger partial charge >= 0.3 is 5.97 Å². The number of hydrogen-bond acceptors (Lipinski definition) is 6. The summed E-state index contributed by atoms with van der Waals surface area (Å²) in [7, 11) is 0. The zero-order valence-electron chi connectivity index (χ0n) is 15.1. The number of benzene rings is 2. The fourth-order valence-corrected chi connectivity index (χ4v) is 2.56. The van der Waals surface area contributed by atoms with E-state index in [1.165, 1.54) is 0 Å². The number of carbonyl (C=O) groups excluding carboxylic acids is 1. The van der Waals surface area contributed by atoms with E-state index in [2.05, 4.69) is 11.2 Å². The summed E-state index contributed by atoms with van der Waals surface area (Å²) in [5, 5.41) is 13.0. The van der Waals surface area contributed by atoms with Crippen molar-refractivity contribution in [1.82, 2.24) is 5.16 Å². The van der Waals surface area contributed by atoms with E-state index in [0.717, 1.165) is 11.3 Å². The fraction of sp³-hybridized carbons (Fsp3) is 0.190. The molecule has 0 aliphatic heterocycles. The highest BCUT2D eigenvalue weighted by atomic mass is 16.5. The average Bonchev–Trinajstić information content (AvgIpc) is 3.02. The minimum atomic E-state index is -0.481. The first-order chi connectivity index (χ1) is 13.1. The first-order valence-electron chi connectivity index (χ1n) is 8.38. The molecule has 6 nitrogen and oxygen atoms in total. The Labute approximate surface area is 156 Å². The van der Waals surface area contributed by atoms with E-state index in [1.54, 1.807) is 48.5 Å². The van der Waals surface area contributed by atoms with Crippen LogP contribution in [-0.2, 0) is 18.0 Å². The summed E-state index contributed by atoms with van der Waals surface area (Å²) in [5.41, 5.74) is 3.19. The number of aryl methyl sites for hydroxylation is 2. The summed E-state index contributed by atoms with van der Waals surface area (Å²) in [5.74, 6) is 0.770. The third kappa shape index (κ3) is 4.33. The van der Waals surface area contributed by atoms with E-state index in [1.807, 2.05) is 13.8 Å². The van der Waals surface area contributed by atoms with Gasteiger partial charge in [0.1, 0.15) is 24.7 Å². The molecule has 0 aliphatic carbocycles. The molecule has 0 bridgehead atoms. The number of ether oxygens (including phenoxy) is 2. The molecule has 0 radical (unpaired) electrons. The van der Waals surface area contributed by atoms with Gasteiger partial charge in [-0.25, -0.2) is 4.79 Å². The van der Waals surface area contributed by atoms with Crippen LogP contribution in [0.25, 0.3) is 0 Å². The van der Waals surface area contributed by atoms with Crippen molar-refractivity contribution >= 4 is 5.97 Å². The van der Waals surface area contributed by atoms with Gasteiger partial charge in [0.25, 0.3) is 0 Å². The van der Waals surface area contributed by atoms with Crippen LogP contribution in [0.1, 0.15) is 38.5 Å². The Morgan fingerprint density at radius 1 is 1.15 bits per heavy atom. The maximum atomic E-state index is 12.3. The van der Waals surface area contributed by atoms with Gasteiger partial charge in [-0.2, -0.15) is 5.26 Å². The van der Waals surface area contributed by atoms with E-state index in [-0.39, 0.29) is 6.61 Å². The zero-order valence-corrected chi connectivity index (χ0v) is 15.1. The Bertz CT molecular complexity index is 982. The second-order valence-electron chi connectivity index (χ2n) is 5.96. The molecule has 0 atom stereocenters. The van der Waals surface area contributed by atoms with Crippen molar-refractivity contribution in [3.63, 3.8) is 0 Å². The van der Waals surface area contributed by atoms with Crippen LogP contribution in [0.15, 0.2) is 53.1 Å². The van der Waals surface area contributed by atoms with Gasteiger partial charge in [-0.15, -0.1) is 0 Å². The molecule has 6 heteroatoms. The highest BCUT2D eigenvalue weighted by Gasteiger charge is 2.12. The van der Waals surface area contributed by atoms with Crippen molar-refractivity contribution in [2.45, 2.75) is 27.1 Å². The van der Waals surface area contributed by atoms with Gasteiger partial charge in [-0.1, -0.05) is 29.4 Å². The summed E-state index contributed by atoms with van der Waals surface area (Å²) < 4.78 is 16.2. The third-order valence-electron chi connectivity index (χ3n) is 4.13. The standard InChI is InChI=1S/C21H18N2O4/c1-14-20(15(2)27-23-14)13-25-19-9-5-8-16(10-19)21(24)26-12-18-7-4-3-6-17(18)11-22/h3-10H,12-13H2,1-2H3. The number of nitrogens with zero attached hydrogens (tertiary/aromatic N) is 2. The highest BCUT2D eigenvalue weighted by Crippen LogP contribution is 2.19. The Hall–Kier alpha value is -3.59. The van der Waals surface area contributed by atoms with Crippen molar-refractivity contribution < 1.29 is 18.8 Å². The zero-order chi connectivity index (χ0) is 19.2. The summed E-state index contributed by atoms with van der Waals surface area (Å²) in [4.78, 5) is 12.3. The Balaban J connectivity index is 1.64. The first-order valence-corrected chi connectivity index (χ1v) is 8.38. The van der Waals surface area contributed by atoms with Gasteiger partial charge in [0.15, 0.2) is 0 Å². The Morgan fingerprint density at radius 3 is 2.70 bits per heavy atom. The quantitative estimate of drug-likeness (QED) is 0.614. The predicted molar refractivity (Wildman–Crippen MR) is 97.0 cm³/mol. The van der Waals surface area contributed by atoms with Crippen molar-refractivity contribution in [3.8, 4) is 11.8 Å². The molecule has 0 saturated carbocycles. The fourth-order valence-electron chi connectivity index (χ4n) is 2.56. The molecule has 0 unspecified atom stereocenters. The molecule has 0 N–H and O–H groups in total. The molecule has 27 heavy (non-hydrogen) atoms. The molecule has 0 amide bonds. The van der Waals surface area contributed by atoms with Gasteiger partial charge in [0.05, 0.1) is 28.5 Å². The second kappa shape index (κ2) is 8.19. The lowest BCUT2D eigenvalue weighted by molar-refractivity contribution is 0.0472. The number of rotatable bonds is 6. The number of esters is 1. The number of hydrogen-bond donors (Lipinski definition) is 0. The van der Waals surface area contributed by atoms with Crippen LogP contribution in [0, 0.1) is 25.2 Å². The molecule has 3 rings (SSSR count). The molecule has 0 fully saturated rings. The van der Waals surface area contributed by atoms with Crippen molar-refractivity contribution in [2.75, 3.05) is 0 Å². The SMILES string of the molecule is Cc1noc(C)c1COc1cccc(C(=O)OCc2ccccc2C#N)c1. The van der Waals surface area contributed by atoms with Gasteiger partial charge < -0.3 is 14.0 Å². The van der Waals surface area contributed by atoms with E-state index in [9.17, 15) is 4.79 Å². The van der Waals surface area contributed by atoms with Gasteiger partial charge in [-0.05, 0) is 38.1 Å². The topological polar surface area (TPSA) is 85.3 Å². The largest absolute Gasteiger partial charge is 0.489 e. The maximum Gasteiger partial charge on any atom is 0.338 e. The molecule has 1 aromatic heterocycles.